The van der Waals surface area contributed by atoms with Gasteiger partial charge in [0.2, 0.25) is 11.8 Å². The third-order valence-electron chi connectivity index (χ3n) is 9.35. The highest BCUT2D eigenvalue weighted by Gasteiger charge is 2.57. The van der Waals surface area contributed by atoms with E-state index >= 15 is 0 Å². The summed E-state index contributed by atoms with van der Waals surface area (Å²) in [5, 5.41) is 24.1. The molecule has 0 bridgehead atoms. The van der Waals surface area contributed by atoms with Gasteiger partial charge in [-0.05, 0) is 104 Å². The molecule has 0 unspecified atom stereocenters. The van der Waals surface area contributed by atoms with Crippen LogP contribution in [0.15, 0.2) is 95.6 Å². The molecular formula is C36H39BN2O5. The summed E-state index contributed by atoms with van der Waals surface area (Å²) in [5.74, 6) is -1.30. The summed E-state index contributed by atoms with van der Waals surface area (Å²) in [6.45, 7) is 4.20. The van der Waals surface area contributed by atoms with Gasteiger partial charge in [-0.25, -0.2) is 0 Å². The van der Waals surface area contributed by atoms with Crippen LogP contribution in [0.1, 0.15) is 51.5 Å². The minimum absolute atomic E-state index is 0.159. The summed E-state index contributed by atoms with van der Waals surface area (Å²) in [7, 11) is -0.994. The van der Waals surface area contributed by atoms with Crippen LogP contribution in [0.2, 0.25) is 6.32 Å². The van der Waals surface area contributed by atoms with Gasteiger partial charge in [0.05, 0.1) is 23.6 Å². The molecule has 1 aliphatic carbocycles. The predicted octanol–water partition coefficient (Wildman–Crippen LogP) is 7.12. The fraction of sp³-hybridized carbons (Fsp3) is 0.333. The van der Waals surface area contributed by atoms with E-state index in [0.29, 0.717) is 24.8 Å². The van der Waals surface area contributed by atoms with Gasteiger partial charge in [-0.2, -0.15) is 0 Å². The second-order valence-electron chi connectivity index (χ2n) is 12.0. The van der Waals surface area contributed by atoms with Crippen molar-refractivity contribution in [3.63, 3.8) is 0 Å². The lowest BCUT2D eigenvalue weighted by Crippen LogP contribution is -2.46. The molecule has 3 N–H and O–H groups in total. The van der Waals surface area contributed by atoms with E-state index in [2.05, 4.69) is 25.2 Å². The number of imide groups is 1. The van der Waals surface area contributed by atoms with Gasteiger partial charge in [0.1, 0.15) is 5.75 Å². The van der Waals surface area contributed by atoms with Gasteiger partial charge >= 0.3 is 7.12 Å². The molecule has 2 aliphatic heterocycles. The predicted molar refractivity (Wildman–Crippen MR) is 174 cm³/mol. The highest BCUT2D eigenvalue weighted by Crippen LogP contribution is 2.52. The van der Waals surface area contributed by atoms with Crippen molar-refractivity contribution >= 4 is 42.1 Å². The van der Waals surface area contributed by atoms with Crippen molar-refractivity contribution in [1.82, 2.24) is 0 Å². The minimum Gasteiger partial charge on any atom is -0.508 e. The summed E-state index contributed by atoms with van der Waals surface area (Å²) in [6, 6.07) is 24.4. The fourth-order valence-electron chi connectivity index (χ4n) is 7.26. The summed E-state index contributed by atoms with van der Waals surface area (Å²) < 4.78 is 6.15. The zero-order valence-electron chi connectivity index (χ0n) is 25.3. The summed E-state index contributed by atoms with van der Waals surface area (Å²) in [6.07, 6.45) is 5.67. The summed E-state index contributed by atoms with van der Waals surface area (Å²) in [4.78, 5) is 29.2. The Bertz CT molecular complexity index is 1590. The number of hydrogen-bond acceptors (Lipinski definition) is 6. The molecule has 6 rings (SSSR count). The molecule has 2 amide bonds. The molecule has 2 fully saturated rings. The summed E-state index contributed by atoms with van der Waals surface area (Å²) >= 11 is 0. The number of nitrogens with zero attached hydrogens (tertiary/aromatic N) is 1. The van der Waals surface area contributed by atoms with Crippen LogP contribution in [-0.4, -0.2) is 35.2 Å². The SMILES string of the molecule is CCC1=C2[C@@H](CC/C(=C/c3cccc(O)c3)CC)OB(O)C[C@@H]2[C@@H]2C(=O)N(c3ccc(Nc4ccccc4)cc3)C(=O)[C@@H]2C1. The molecule has 3 aromatic carbocycles. The van der Waals surface area contributed by atoms with Crippen molar-refractivity contribution in [3.05, 3.63) is 101 Å². The third kappa shape index (κ3) is 5.97. The third-order valence-corrected chi connectivity index (χ3v) is 9.35. The van der Waals surface area contributed by atoms with Crippen molar-refractivity contribution in [3.8, 4) is 5.75 Å². The Morgan fingerprint density at radius 2 is 1.73 bits per heavy atom. The van der Waals surface area contributed by atoms with Crippen molar-refractivity contribution in [1.29, 1.82) is 0 Å². The average Bonchev–Trinajstić information content (AvgIpc) is 3.28. The number of phenolic OH excluding ortho intramolecular Hbond substituents is 1. The highest BCUT2D eigenvalue weighted by molar-refractivity contribution is 6.43. The number of rotatable bonds is 9. The number of nitrogens with one attached hydrogen (secondary N) is 1. The lowest BCUT2D eigenvalue weighted by molar-refractivity contribution is -0.122. The first-order chi connectivity index (χ1) is 21.4. The largest absolute Gasteiger partial charge is 0.508 e. The summed E-state index contributed by atoms with van der Waals surface area (Å²) in [5.41, 5.74) is 6.84. The Morgan fingerprint density at radius 1 is 0.977 bits per heavy atom. The van der Waals surface area contributed by atoms with Crippen LogP contribution in [0.3, 0.4) is 0 Å². The van der Waals surface area contributed by atoms with Crippen LogP contribution >= 0.6 is 0 Å². The number of para-hydroxylation sites is 1. The fourth-order valence-corrected chi connectivity index (χ4v) is 7.26. The minimum atomic E-state index is -0.994. The van der Waals surface area contributed by atoms with Crippen LogP contribution in [0.5, 0.6) is 5.75 Å². The molecule has 3 aromatic rings. The number of benzene rings is 3. The van der Waals surface area contributed by atoms with Crippen molar-refractivity contribution in [2.75, 3.05) is 10.2 Å². The molecule has 0 aromatic heterocycles. The Kier molecular flexibility index (Phi) is 8.73. The number of phenols is 1. The molecule has 226 valence electrons. The van der Waals surface area contributed by atoms with Crippen molar-refractivity contribution in [2.24, 2.45) is 17.8 Å². The lowest BCUT2D eigenvalue weighted by Gasteiger charge is -2.43. The first kappa shape index (κ1) is 29.9. The quantitative estimate of drug-likeness (QED) is 0.139. The number of carbonyl (C=O) groups is 2. The topological polar surface area (TPSA) is 99.1 Å². The Hall–Kier alpha value is -4.14. The molecule has 7 nitrogen and oxygen atoms in total. The van der Waals surface area contributed by atoms with Crippen molar-refractivity contribution < 1.29 is 24.4 Å². The number of allylic oxidation sites excluding steroid dienone is 2. The lowest BCUT2D eigenvalue weighted by atomic mass is 9.58. The van der Waals surface area contributed by atoms with E-state index in [9.17, 15) is 19.7 Å². The van der Waals surface area contributed by atoms with E-state index in [0.717, 1.165) is 41.8 Å². The van der Waals surface area contributed by atoms with Crippen LogP contribution in [0.4, 0.5) is 17.1 Å². The molecular weight excluding hydrogens is 551 g/mol. The maximum Gasteiger partial charge on any atom is 0.455 e. The van der Waals surface area contributed by atoms with Gasteiger partial charge < -0.3 is 20.1 Å². The number of fused-ring (bicyclic) bond motifs is 3. The molecule has 2 saturated heterocycles. The normalized spacial score (nSPS) is 23.6. The van der Waals surface area contributed by atoms with Gasteiger partial charge in [0, 0.05) is 11.4 Å². The number of amides is 2. The van der Waals surface area contributed by atoms with Crippen LogP contribution < -0.4 is 10.2 Å². The highest BCUT2D eigenvalue weighted by atomic mass is 16.5. The monoisotopic (exact) mass is 590 g/mol. The van der Waals surface area contributed by atoms with Gasteiger partial charge in [-0.3, -0.25) is 14.5 Å². The van der Waals surface area contributed by atoms with E-state index in [-0.39, 0.29) is 29.6 Å². The molecule has 0 radical (unpaired) electrons. The Labute approximate surface area is 259 Å². The zero-order valence-corrected chi connectivity index (χ0v) is 25.3. The van der Waals surface area contributed by atoms with Crippen LogP contribution in [0.25, 0.3) is 6.08 Å². The van der Waals surface area contributed by atoms with Crippen LogP contribution in [0, 0.1) is 17.8 Å². The number of carbonyl (C=O) groups excluding carboxylic acids is 2. The van der Waals surface area contributed by atoms with E-state index in [4.69, 9.17) is 4.65 Å². The average molecular weight is 591 g/mol. The molecule has 0 saturated carbocycles. The number of aromatic hydroxyl groups is 1. The number of anilines is 3. The van der Waals surface area contributed by atoms with Gasteiger partial charge in [0.25, 0.3) is 0 Å². The van der Waals surface area contributed by atoms with Crippen molar-refractivity contribution in [2.45, 2.75) is 58.4 Å². The first-order valence-electron chi connectivity index (χ1n) is 15.7. The Morgan fingerprint density at radius 3 is 2.43 bits per heavy atom. The van der Waals surface area contributed by atoms with Gasteiger partial charge in [-0.1, -0.05) is 61.4 Å². The van der Waals surface area contributed by atoms with E-state index in [1.807, 2.05) is 66.7 Å². The van der Waals surface area contributed by atoms with E-state index < -0.39 is 19.0 Å². The zero-order chi connectivity index (χ0) is 30.8. The Balaban J connectivity index is 1.22. The molecule has 44 heavy (non-hydrogen) atoms. The molecule has 3 aliphatic rings. The molecule has 2 heterocycles. The molecule has 0 spiro atoms. The molecule has 8 heteroatoms. The first-order valence-corrected chi connectivity index (χ1v) is 15.7. The maximum atomic E-state index is 14.0. The van der Waals surface area contributed by atoms with Gasteiger partial charge in [0.15, 0.2) is 0 Å². The standard InChI is InChI=1S/C36H39BN2O5/c1-3-23(19-24-9-8-12-29(40)20-24)13-18-32-33-25(4-2)21-30-34(31(33)22-37(43)44-32)36(42)39(35(30)41)28-16-14-27(15-17-28)38-26-10-6-5-7-11-26/h5-12,14-17,19-20,30-32,34,38,40,43H,3-4,13,18,21-22H2,1-2H3/b23-19+/t30-,31+,32-,34-/m1/s1. The smallest absolute Gasteiger partial charge is 0.455 e. The number of hydrogen-bond donors (Lipinski definition) is 3. The van der Waals surface area contributed by atoms with Crippen LogP contribution in [-0.2, 0) is 14.2 Å². The second-order valence-corrected chi connectivity index (χ2v) is 12.0. The van der Waals surface area contributed by atoms with E-state index in [1.165, 1.54) is 16.0 Å². The van der Waals surface area contributed by atoms with E-state index in [1.54, 1.807) is 12.1 Å². The van der Waals surface area contributed by atoms with Gasteiger partial charge in [-0.15, -0.1) is 0 Å². The molecule has 4 atom stereocenters. The second kappa shape index (κ2) is 12.8. The maximum absolute atomic E-state index is 14.0.